The van der Waals surface area contributed by atoms with E-state index in [1.165, 1.54) is 0 Å². The molecule has 2 unspecified atom stereocenters. The zero-order valence-corrected chi connectivity index (χ0v) is 13.6. The molecule has 1 rings (SSSR count). The Labute approximate surface area is 127 Å². The summed E-state index contributed by atoms with van der Waals surface area (Å²) in [4.78, 5) is 27.6. The molecular formula is C15H28N2O4. The van der Waals surface area contributed by atoms with Crippen molar-refractivity contribution in [1.29, 1.82) is 0 Å². The Kier molecular flexibility index (Phi) is 6.45. The van der Waals surface area contributed by atoms with Crippen molar-refractivity contribution in [3.05, 3.63) is 0 Å². The molecule has 0 spiro atoms. The number of aliphatic carboxylic acids is 1. The van der Waals surface area contributed by atoms with Crippen molar-refractivity contribution in [2.24, 2.45) is 5.41 Å². The van der Waals surface area contributed by atoms with Gasteiger partial charge in [-0.1, -0.05) is 6.92 Å². The third kappa shape index (κ3) is 4.33. The minimum absolute atomic E-state index is 0.0754. The first kappa shape index (κ1) is 17.8. The van der Waals surface area contributed by atoms with Gasteiger partial charge in [-0.2, -0.15) is 0 Å². The second-order valence-electron chi connectivity index (χ2n) is 6.12. The van der Waals surface area contributed by atoms with Crippen LogP contribution >= 0.6 is 0 Å². The van der Waals surface area contributed by atoms with Gasteiger partial charge in [0, 0.05) is 32.8 Å². The Morgan fingerprint density at radius 1 is 1.48 bits per heavy atom. The summed E-state index contributed by atoms with van der Waals surface area (Å²) in [6, 6.07) is 0.0410. The Hall–Kier alpha value is -1.30. The van der Waals surface area contributed by atoms with Crippen LogP contribution in [-0.4, -0.2) is 66.3 Å². The standard InChI is InChI=1S/C15H28N2O4/c1-5-12(2)17(9-10-21-4)14(20)16-8-6-7-15(3,11-16)13(18)19/h12H,5-11H2,1-4H3,(H,18,19). The van der Waals surface area contributed by atoms with Gasteiger partial charge in [0.2, 0.25) is 0 Å². The number of carboxylic acids is 1. The fourth-order valence-corrected chi connectivity index (χ4v) is 2.67. The van der Waals surface area contributed by atoms with E-state index in [2.05, 4.69) is 0 Å². The van der Waals surface area contributed by atoms with Crippen LogP contribution in [0.4, 0.5) is 4.79 Å². The predicted molar refractivity (Wildman–Crippen MR) is 80.3 cm³/mol. The van der Waals surface area contributed by atoms with Crippen LogP contribution in [0.15, 0.2) is 0 Å². The van der Waals surface area contributed by atoms with E-state index >= 15 is 0 Å². The van der Waals surface area contributed by atoms with Crippen LogP contribution < -0.4 is 0 Å². The highest BCUT2D eigenvalue weighted by Crippen LogP contribution is 2.30. The molecule has 1 aliphatic rings. The largest absolute Gasteiger partial charge is 0.481 e. The highest BCUT2D eigenvalue weighted by atomic mass is 16.5. The molecule has 6 nitrogen and oxygen atoms in total. The zero-order valence-electron chi connectivity index (χ0n) is 13.6. The van der Waals surface area contributed by atoms with Crippen LogP contribution in [0.25, 0.3) is 0 Å². The van der Waals surface area contributed by atoms with Crippen LogP contribution in [0.3, 0.4) is 0 Å². The minimum Gasteiger partial charge on any atom is -0.481 e. The van der Waals surface area contributed by atoms with Gasteiger partial charge < -0.3 is 19.6 Å². The first-order chi connectivity index (χ1) is 9.85. The number of carbonyl (C=O) groups is 2. The average Bonchev–Trinajstić information content (AvgIpc) is 2.46. The summed E-state index contributed by atoms with van der Waals surface area (Å²) in [5.41, 5.74) is -0.837. The summed E-state index contributed by atoms with van der Waals surface area (Å²) < 4.78 is 5.08. The lowest BCUT2D eigenvalue weighted by Gasteiger charge is -2.41. The van der Waals surface area contributed by atoms with Crippen LogP contribution in [0.5, 0.6) is 0 Å². The smallest absolute Gasteiger partial charge is 0.320 e. The van der Waals surface area contributed by atoms with Crippen LogP contribution in [-0.2, 0) is 9.53 Å². The topological polar surface area (TPSA) is 70.1 Å². The summed E-state index contributed by atoms with van der Waals surface area (Å²) in [6.07, 6.45) is 2.21. The summed E-state index contributed by atoms with van der Waals surface area (Å²) in [7, 11) is 1.61. The molecule has 0 radical (unpaired) electrons. The van der Waals surface area contributed by atoms with Gasteiger partial charge in [0.25, 0.3) is 0 Å². The molecule has 0 aliphatic carbocycles. The Bertz CT molecular complexity index is 375. The Balaban J connectivity index is 2.80. The van der Waals surface area contributed by atoms with E-state index in [1.807, 2.05) is 13.8 Å². The van der Waals surface area contributed by atoms with Crippen molar-refractivity contribution in [2.75, 3.05) is 33.4 Å². The van der Waals surface area contributed by atoms with Gasteiger partial charge >= 0.3 is 12.0 Å². The predicted octanol–water partition coefficient (Wildman–Crippen LogP) is 2.04. The number of piperidine rings is 1. The number of likely N-dealkylation sites (tertiary alicyclic amines) is 1. The van der Waals surface area contributed by atoms with Gasteiger partial charge in [0.1, 0.15) is 0 Å². The maximum absolute atomic E-state index is 12.7. The monoisotopic (exact) mass is 300 g/mol. The molecule has 6 heteroatoms. The van der Waals surface area contributed by atoms with E-state index in [4.69, 9.17) is 4.74 Å². The molecular weight excluding hydrogens is 272 g/mol. The molecule has 2 atom stereocenters. The second kappa shape index (κ2) is 7.64. The normalized spacial score (nSPS) is 23.7. The molecule has 1 fully saturated rings. The first-order valence-corrected chi connectivity index (χ1v) is 7.63. The molecule has 0 bridgehead atoms. The lowest BCUT2D eigenvalue weighted by atomic mass is 9.82. The van der Waals surface area contributed by atoms with Crippen LogP contribution in [0, 0.1) is 5.41 Å². The molecule has 21 heavy (non-hydrogen) atoms. The third-order valence-corrected chi connectivity index (χ3v) is 4.39. The van der Waals surface area contributed by atoms with Crippen LogP contribution in [0.1, 0.15) is 40.0 Å². The summed E-state index contributed by atoms with van der Waals surface area (Å²) >= 11 is 0. The number of rotatable bonds is 6. The Morgan fingerprint density at radius 3 is 2.67 bits per heavy atom. The molecule has 1 N–H and O–H groups in total. The van der Waals surface area contributed by atoms with Crippen molar-refractivity contribution in [2.45, 2.75) is 46.1 Å². The number of hydrogen-bond donors (Lipinski definition) is 1. The molecule has 0 aromatic rings. The number of urea groups is 1. The minimum atomic E-state index is -0.837. The van der Waals surface area contributed by atoms with E-state index in [0.29, 0.717) is 26.1 Å². The van der Waals surface area contributed by atoms with Gasteiger partial charge in [-0.05, 0) is 33.1 Å². The molecule has 2 amide bonds. The number of hydrogen-bond acceptors (Lipinski definition) is 3. The van der Waals surface area contributed by atoms with Crippen molar-refractivity contribution in [1.82, 2.24) is 9.80 Å². The Morgan fingerprint density at radius 2 is 2.14 bits per heavy atom. The van der Waals surface area contributed by atoms with Crippen molar-refractivity contribution in [3.63, 3.8) is 0 Å². The number of methoxy groups -OCH3 is 1. The van der Waals surface area contributed by atoms with Gasteiger partial charge in [0.15, 0.2) is 0 Å². The highest BCUT2D eigenvalue weighted by Gasteiger charge is 2.40. The zero-order chi connectivity index (χ0) is 16.0. The lowest BCUT2D eigenvalue weighted by Crippen LogP contribution is -2.54. The average molecular weight is 300 g/mol. The summed E-state index contributed by atoms with van der Waals surface area (Å²) in [6.45, 7) is 7.69. The van der Waals surface area contributed by atoms with E-state index < -0.39 is 11.4 Å². The molecule has 122 valence electrons. The highest BCUT2D eigenvalue weighted by molar-refractivity contribution is 5.78. The molecule has 1 aliphatic heterocycles. The van der Waals surface area contributed by atoms with Gasteiger partial charge in [-0.15, -0.1) is 0 Å². The van der Waals surface area contributed by atoms with Crippen molar-refractivity contribution in [3.8, 4) is 0 Å². The van der Waals surface area contributed by atoms with Crippen molar-refractivity contribution < 1.29 is 19.4 Å². The third-order valence-electron chi connectivity index (χ3n) is 4.39. The van der Waals surface area contributed by atoms with E-state index in [0.717, 1.165) is 12.8 Å². The fraction of sp³-hybridized carbons (Fsp3) is 0.867. The maximum atomic E-state index is 12.7. The summed E-state index contributed by atoms with van der Waals surface area (Å²) in [5.74, 6) is -0.827. The number of ether oxygens (including phenoxy) is 1. The van der Waals surface area contributed by atoms with Gasteiger partial charge in [-0.3, -0.25) is 4.79 Å². The quantitative estimate of drug-likeness (QED) is 0.815. The van der Waals surface area contributed by atoms with E-state index in [1.54, 1.807) is 23.8 Å². The van der Waals surface area contributed by atoms with E-state index in [9.17, 15) is 14.7 Å². The molecule has 1 heterocycles. The maximum Gasteiger partial charge on any atom is 0.320 e. The molecule has 0 aromatic carbocycles. The fourth-order valence-electron chi connectivity index (χ4n) is 2.67. The van der Waals surface area contributed by atoms with Gasteiger partial charge in [-0.25, -0.2) is 4.79 Å². The number of amides is 2. The number of nitrogens with zero attached hydrogens (tertiary/aromatic N) is 2. The second-order valence-corrected chi connectivity index (χ2v) is 6.12. The first-order valence-electron chi connectivity index (χ1n) is 7.63. The summed E-state index contributed by atoms with van der Waals surface area (Å²) in [5, 5.41) is 9.36. The number of carbonyl (C=O) groups excluding carboxylic acids is 1. The van der Waals surface area contributed by atoms with Crippen molar-refractivity contribution >= 4 is 12.0 Å². The van der Waals surface area contributed by atoms with Crippen LogP contribution in [0.2, 0.25) is 0 Å². The lowest BCUT2D eigenvalue weighted by molar-refractivity contribution is -0.150. The molecule has 0 saturated carbocycles. The van der Waals surface area contributed by atoms with Gasteiger partial charge in [0.05, 0.1) is 12.0 Å². The number of carboxylic acid groups (broad SMARTS) is 1. The molecule has 1 saturated heterocycles. The molecule has 0 aromatic heterocycles. The van der Waals surface area contributed by atoms with E-state index in [-0.39, 0.29) is 18.6 Å². The SMILES string of the molecule is CCC(C)N(CCOC)C(=O)N1CCCC(C)(C(=O)O)C1.